The minimum absolute atomic E-state index is 0.558. The molecule has 0 spiro atoms. The fourth-order valence-corrected chi connectivity index (χ4v) is 2.17. The summed E-state index contributed by atoms with van der Waals surface area (Å²) in [6, 6.07) is 2.13. The lowest BCUT2D eigenvalue weighted by molar-refractivity contribution is 0.749. The van der Waals surface area contributed by atoms with Crippen LogP contribution >= 0.6 is 0 Å². The molecule has 2 aromatic rings. The zero-order valence-corrected chi connectivity index (χ0v) is 11.8. The van der Waals surface area contributed by atoms with Gasteiger partial charge < -0.3 is 5.73 Å². The molecule has 0 saturated carbocycles. The molecule has 0 aliphatic rings. The van der Waals surface area contributed by atoms with Crippen LogP contribution in [0.1, 0.15) is 44.1 Å². The van der Waals surface area contributed by atoms with Crippen LogP contribution in [0.5, 0.6) is 0 Å². The van der Waals surface area contributed by atoms with Crippen molar-refractivity contribution in [1.82, 2.24) is 19.7 Å². The molecule has 0 aromatic carbocycles. The minimum Gasteiger partial charge on any atom is -0.383 e. The molecule has 0 aliphatic carbocycles. The van der Waals surface area contributed by atoms with Gasteiger partial charge in [0, 0.05) is 11.3 Å². The number of nitrogens with zero attached hydrogens (tertiary/aromatic N) is 4. The van der Waals surface area contributed by atoms with Crippen LogP contribution in [0.4, 0.5) is 5.82 Å². The quantitative estimate of drug-likeness (QED) is 0.894. The molecule has 5 nitrogen and oxygen atoms in total. The molecule has 2 heterocycles. The number of rotatable bonds is 5. The first-order valence-corrected chi connectivity index (χ1v) is 6.88. The number of aryl methyl sites for hydroxylation is 2. The smallest absolute Gasteiger partial charge is 0.162 e. The van der Waals surface area contributed by atoms with E-state index < -0.39 is 0 Å². The van der Waals surface area contributed by atoms with Crippen LogP contribution in [0.15, 0.2) is 12.4 Å². The number of nitrogen functional groups attached to an aromatic ring is 1. The SMILES string of the molecule is CCCc1c(N)ncnc1-n1nc(CC)cc1CC. The van der Waals surface area contributed by atoms with E-state index in [1.54, 1.807) is 0 Å². The molecule has 0 fully saturated rings. The van der Waals surface area contributed by atoms with Gasteiger partial charge in [-0.1, -0.05) is 27.2 Å². The largest absolute Gasteiger partial charge is 0.383 e. The van der Waals surface area contributed by atoms with E-state index in [-0.39, 0.29) is 0 Å². The first-order chi connectivity index (χ1) is 9.21. The van der Waals surface area contributed by atoms with E-state index >= 15 is 0 Å². The van der Waals surface area contributed by atoms with Crippen molar-refractivity contribution in [1.29, 1.82) is 0 Å². The van der Waals surface area contributed by atoms with Gasteiger partial charge in [0.25, 0.3) is 0 Å². The van der Waals surface area contributed by atoms with Crippen molar-refractivity contribution in [2.45, 2.75) is 46.5 Å². The Morgan fingerprint density at radius 1 is 1.16 bits per heavy atom. The van der Waals surface area contributed by atoms with E-state index in [2.05, 4.69) is 41.9 Å². The van der Waals surface area contributed by atoms with Gasteiger partial charge in [-0.25, -0.2) is 14.6 Å². The zero-order chi connectivity index (χ0) is 13.8. The van der Waals surface area contributed by atoms with E-state index in [9.17, 15) is 0 Å². The van der Waals surface area contributed by atoms with Crippen molar-refractivity contribution >= 4 is 5.82 Å². The number of hydrogen-bond donors (Lipinski definition) is 1. The zero-order valence-electron chi connectivity index (χ0n) is 11.8. The van der Waals surface area contributed by atoms with Crippen LogP contribution in [0.3, 0.4) is 0 Å². The van der Waals surface area contributed by atoms with Gasteiger partial charge in [0.1, 0.15) is 12.1 Å². The van der Waals surface area contributed by atoms with E-state index in [4.69, 9.17) is 5.73 Å². The van der Waals surface area contributed by atoms with Crippen molar-refractivity contribution in [2.24, 2.45) is 0 Å². The maximum atomic E-state index is 5.98. The number of anilines is 1. The van der Waals surface area contributed by atoms with Gasteiger partial charge in [0.2, 0.25) is 0 Å². The molecule has 102 valence electrons. The van der Waals surface area contributed by atoms with Crippen LogP contribution in [0.25, 0.3) is 5.82 Å². The molecule has 0 unspecified atom stereocenters. The summed E-state index contributed by atoms with van der Waals surface area (Å²) in [7, 11) is 0. The Labute approximate surface area is 113 Å². The van der Waals surface area contributed by atoms with Crippen molar-refractivity contribution in [3.05, 3.63) is 29.3 Å². The molecule has 2 rings (SSSR count). The minimum atomic E-state index is 0.558. The van der Waals surface area contributed by atoms with Gasteiger partial charge in [-0.15, -0.1) is 0 Å². The van der Waals surface area contributed by atoms with Crippen molar-refractivity contribution < 1.29 is 0 Å². The Bertz CT molecular complexity index is 559. The van der Waals surface area contributed by atoms with Gasteiger partial charge in [-0.2, -0.15) is 5.10 Å². The Hall–Kier alpha value is -1.91. The van der Waals surface area contributed by atoms with E-state index in [1.807, 2.05) is 4.68 Å². The highest BCUT2D eigenvalue weighted by molar-refractivity contribution is 5.49. The van der Waals surface area contributed by atoms with Crippen LogP contribution in [-0.2, 0) is 19.3 Å². The monoisotopic (exact) mass is 259 g/mol. The summed E-state index contributed by atoms with van der Waals surface area (Å²) in [6.45, 7) is 6.35. The third-order valence-electron chi connectivity index (χ3n) is 3.21. The summed E-state index contributed by atoms with van der Waals surface area (Å²) in [5.41, 5.74) is 9.21. The summed E-state index contributed by atoms with van der Waals surface area (Å²) in [6.07, 6.45) is 5.23. The van der Waals surface area contributed by atoms with Crippen LogP contribution < -0.4 is 5.73 Å². The molecule has 2 aromatic heterocycles. The lowest BCUT2D eigenvalue weighted by atomic mass is 10.1. The standard InChI is InChI=1S/C14H21N5/c1-4-7-12-13(15)16-9-17-14(12)19-11(6-3)8-10(5-2)18-19/h8-9H,4-7H2,1-3H3,(H2,15,16,17). The van der Waals surface area contributed by atoms with Crippen molar-refractivity contribution in [3.8, 4) is 5.82 Å². The van der Waals surface area contributed by atoms with E-state index in [1.165, 1.54) is 6.33 Å². The average Bonchev–Trinajstić information content (AvgIpc) is 2.84. The predicted molar refractivity (Wildman–Crippen MR) is 76.3 cm³/mol. The topological polar surface area (TPSA) is 69.6 Å². The Balaban J connectivity index is 2.57. The molecule has 0 atom stereocenters. The first kappa shape index (κ1) is 13.5. The van der Waals surface area contributed by atoms with Crippen LogP contribution in [0, 0.1) is 0 Å². The predicted octanol–water partition coefficient (Wildman–Crippen LogP) is 2.32. The Kier molecular flexibility index (Phi) is 4.14. The van der Waals surface area contributed by atoms with Gasteiger partial charge in [0.15, 0.2) is 5.82 Å². The highest BCUT2D eigenvalue weighted by Gasteiger charge is 2.14. The molecule has 0 radical (unpaired) electrons. The van der Waals surface area contributed by atoms with Gasteiger partial charge in [-0.3, -0.25) is 0 Å². The second-order valence-corrected chi connectivity index (χ2v) is 4.56. The van der Waals surface area contributed by atoms with Crippen LogP contribution in [-0.4, -0.2) is 19.7 Å². The third kappa shape index (κ3) is 2.59. The summed E-state index contributed by atoms with van der Waals surface area (Å²) < 4.78 is 1.92. The second-order valence-electron chi connectivity index (χ2n) is 4.56. The van der Waals surface area contributed by atoms with E-state index in [0.29, 0.717) is 5.82 Å². The van der Waals surface area contributed by atoms with Gasteiger partial charge >= 0.3 is 0 Å². The summed E-state index contributed by atoms with van der Waals surface area (Å²) in [5, 5.41) is 4.62. The number of hydrogen-bond acceptors (Lipinski definition) is 4. The third-order valence-corrected chi connectivity index (χ3v) is 3.21. The normalized spacial score (nSPS) is 10.9. The maximum Gasteiger partial charge on any atom is 0.162 e. The summed E-state index contributed by atoms with van der Waals surface area (Å²) in [5.74, 6) is 1.38. The fraction of sp³-hybridized carbons (Fsp3) is 0.500. The lowest BCUT2D eigenvalue weighted by Crippen LogP contribution is -2.11. The van der Waals surface area contributed by atoms with E-state index in [0.717, 1.165) is 48.5 Å². The first-order valence-electron chi connectivity index (χ1n) is 6.88. The van der Waals surface area contributed by atoms with Gasteiger partial charge in [0.05, 0.1) is 5.69 Å². The van der Waals surface area contributed by atoms with Crippen molar-refractivity contribution in [2.75, 3.05) is 5.73 Å². The van der Waals surface area contributed by atoms with Gasteiger partial charge in [-0.05, 0) is 25.3 Å². The Morgan fingerprint density at radius 3 is 2.58 bits per heavy atom. The Morgan fingerprint density at radius 2 is 1.95 bits per heavy atom. The summed E-state index contributed by atoms with van der Waals surface area (Å²) >= 11 is 0. The molecule has 0 saturated heterocycles. The molecule has 19 heavy (non-hydrogen) atoms. The molecular weight excluding hydrogens is 238 g/mol. The number of nitrogens with two attached hydrogens (primary N) is 1. The fourth-order valence-electron chi connectivity index (χ4n) is 2.17. The second kappa shape index (κ2) is 5.82. The molecule has 5 heteroatoms. The van der Waals surface area contributed by atoms with Crippen LogP contribution in [0.2, 0.25) is 0 Å². The molecule has 0 aliphatic heterocycles. The highest BCUT2D eigenvalue weighted by Crippen LogP contribution is 2.20. The van der Waals surface area contributed by atoms with Crippen molar-refractivity contribution in [3.63, 3.8) is 0 Å². The molecule has 2 N–H and O–H groups in total. The lowest BCUT2D eigenvalue weighted by Gasteiger charge is -2.11. The number of aromatic nitrogens is 4. The maximum absolute atomic E-state index is 5.98. The molecule has 0 bridgehead atoms. The highest BCUT2D eigenvalue weighted by atomic mass is 15.3. The summed E-state index contributed by atoms with van der Waals surface area (Å²) in [4.78, 5) is 8.49. The average molecular weight is 259 g/mol. The molecule has 0 amide bonds. The molecular formula is C14H21N5.